The number of β-amino-alcohol motifs (C(OH)–C–C–N with tert-alkyl or cyclic N) is 1. The second-order valence-electron chi connectivity index (χ2n) is 7.28. The topological polar surface area (TPSA) is 41.3 Å². The molecule has 1 aromatic heterocycles. The van der Waals surface area contributed by atoms with Gasteiger partial charge < -0.3 is 5.11 Å². The quantitative estimate of drug-likeness (QED) is 0.934. The molecule has 2 heterocycles. The molecule has 1 saturated heterocycles. The van der Waals surface area contributed by atoms with E-state index in [0.717, 1.165) is 47.9 Å². The highest BCUT2D eigenvalue weighted by Gasteiger charge is 2.25. The molecule has 5 heteroatoms. The predicted octanol–water partition coefficient (Wildman–Crippen LogP) is 3.53. The average Bonchev–Trinajstić information content (AvgIpc) is 3.06. The zero-order valence-corrected chi connectivity index (χ0v) is 14.7. The van der Waals surface area contributed by atoms with Gasteiger partial charge in [-0.3, -0.25) is 9.58 Å². The molecule has 0 amide bonds. The van der Waals surface area contributed by atoms with Crippen molar-refractivity contribution in [2.75, 3.05) is 13.1 Å². The summed E-state index contributed by atoms with van der Waals surface area (Å²) in [5.41, 5.74) is 2.97. The van der Waals surface area contributed by atoms with Crippen LogP contribution in [-0.2, 0) is 12.1 Å². The first-order chi connectivity index (χ1) is 10.8. The zero-order chi connectivity index (χ0) is 16.6. The van der Waals surface area contributed by atoms with Gasteiger partial charge in [0.1, 0.15) is 0 Å². The van der Waals surface area contributed by atoms with Crippen LogP contribution in [0.2, 0.25) is 5.02 Å². The van der Waals surface area contributed by atoms with Crippen molar-refractivity contribution in [2.45, 2.75) is 45.4 Å². The van der Waals surface area contributed by atoms with Gasteiger partial charge in [0.15, 0.2) is 0 Å². The van der Waals surface area contributed by atoms with Crippen LogP contribution in [0.15, 0.2) is 30.5 Å². The van der Waals surface area contributed by atoms with Gasteiger partial charge in [-0.15, -0.1) is 0 Å². The smallest absolute Gasteiger partial charge is 0.0983 e. The van der Waals surface area contributed by atoms with Crippen molar-refractivity contribution < 1.29 is 5.11 Å². The molecule has 23 heavy (non-hydrogen) atoms. The average molecular weight is 334 g/mol. The first-order valence-electron chi connectivity index (χ1n) is 8.09. The van der Waals surface area contributed by atoms with E-state index >= 15 is 0 Å². The number of aliphatic hydroxyl groups excluding tert-OH is 1. The van der Waals surface area contributed by atoms with Gasteiger partial charge in [0.05, 0.1) is 22.4 Å². The third kappa shape index (κ3) is 3.60. The largest absolute Gasteiger partial charge is 0.392 e. The van der Waals surface area contributed by atoms with Crippen molar-refractivity contribution in [3.8, 4) is 11.3 Å². The maximum Gasteiger partial charge on any atom is 0.0983 e. The number of hydrogen-bond acceptors (Lipinski definition) is 3. The lowest BCUT2D eigenvalue weighted by molar-refractivity contribution is 0.175. The maximum absolute atomic E-state index is 9.76. The fourth-order valence-corrected chi connectivity index (χ4v) is 3.17. The Balaban J connectivity index is 1.99. The van der Waals surface area contributed by atoms with Gasteiger partial charge in [-0.2, -0.15) is 5.10 Å². The molecular weight excluding hydrogens is 310 g/mol. The minimum absolute atomic E-state index is 0.0845. The van der Waals surface area contributed by atoms with Crippen LogP contribution in [0.3, 0.4) is 0 Å². The Morgan fingerprint density at radius 1 is 1.30 bits per heavy atom. The Hall–Kier alpha value is -1.36. The molecule has 124 valence electrons. The van der Waals surface area contributed by atoms with Crippen LogP contribution < -0.4 is 0 Å². The van der Waals surface area contributed by atoms with Gasteiger partial charge >= 0.3 is 0 Å². The van der Waals surface area contributed by atoms with Crippen molar-refractivity contribution >= 4 is 11.6 Å². The van der Waals surface area contributed by atoms with Gasteiger partial charge in [0.2, 0.25) is 0 Å². The Morgan fingerprint density at radius 3 is 2.65 bits per heavy atom. The van der Waals surface area contributed by atoms with Gasteiger partial charge in [-0.1, -0.05) is 29.8 Å². The molecular formula is C18H24ClN3O. The molecule has 0 saturated carbocycles. The van der Waals surface area contributed by atoms with Crippen LogP contribution in [0.25, 0.3) is 11.3 Å². The van der Waals surface area contributed by atoms with Gasteiger partial charge in [0, 0.05) is 37.0 Å². The molecule has 1 aliphatic heterocycles. The predicted molar refractivity (Wildman–Crippen MR) is 93.6 cm³/mol. The van der Waals surface area contributed by atoms with Crippen LogP contribution in [-0.4, -0.2) is 39.0 Å². The second kappa shape index (κ2) is 6.27. The number of aliphatic hydroxyl groups is 1. The minimum atomic E-state index is -0.212. The molecule has 0 aliphatic carbocycles. The molecule has 2 aromatic rings. The highest BCUT2D eigenvalue weighted by Crippen LogP contribution is 2.31. The molecule has 3 rings (SSSR count). The standard InChI is InChI=1S/C18H24ClN3O/c1-18(2,3)22-11-13(10-21-9-8-14(23)12-21)17(20-22)15-6-4-5-7-16(15)19/h4-7,11,14,23H,8-10,12H2,1-3H3/t14-/m1/s1. The summed E-state index contributed by atoms with van der Waals surface area (Å²) in [6.07, 6.45) is 2.74. The molecule has 4 nitrogen and oxygen atoms in total. The Labute approximate surface area is 142 Å². The summed E-state index contributed by atoms with van der Waals surface area (Å²) in [6, 6.07) is 7.83. The lowest BCUT2D eigenvalue weighted by Gasteiger charge is -2.19. The molecule has 1 fully saturated rings. The first kappa shape index (κ1) is 16.5. The number of nitrogens with zero attached hydrogens (tertiary/aromatic N) is 3. The fourth-order valence-electron chi connectivity index (χ4n) is 2.95. The van der Waals surface area contributed by atoms with Crippen molar-refractivity contribution in [2.24, 2.45) is 0 Å². The van der Waals surface area contributed by atoms with Crippen LogP contribution in [0, 0.1) is 0 Å². The van der Waals surface area contributed by atoms with Crippen molar-refractivity contribution in [3.63, 3.8) is 0 Å². The Bertz CT molecular complexity index is 690. The summed E-state index contributed by atoms with van der Waals surface area (Å²) >= 11 is 6.39. The summed E-state index contributed by atoms with van der Waals surface area (Å²) in [5.74, 6) is 0. The van der Waals surface area contributed by atoms with Crippen molar-refractivity contribution in [1.29, 1.82) is 0 Å². The molecule has 1 aromatic carbocycles. The number of benzene rings is 1. The number of hydrogen-bond donors (Lipinski definition) is 1. The molecule has 1 N–H and O–H groups in total. The molecule has 0 bridgehead atoms. The fraction of sp³-hybridized carbons (Fsp3) is 0.500. The third-order valence-electron chi connectivity index (χ3n) is 4.25. The van der Waals surface area contributed by atoms with Crippen LogP contribution >= 0.6 is 11.6 Å². The van der Waals surface area contributed by atoms with Gasteiger partial charge in [0.25, 0.3) is 0 Å². The number of aromatic nitrogens is 2. The normalized spacial score (nSPS) is 19.4. The van der Waals surface area contributed by atoms with Gasteiger partial charge in [-0.05, 0) is 33.3 Å². The van der Waals surface area contributed by atoms with E-state index in [1.54, 1.807) is 0 Å². The summed E-state index contributed by atoms with van der Waals surface area (Å²) in [4.78, 5) is 2.27. The summed E-state index contributed by atoms with van der Waals surface area (Å²) in [7, 11) is 0. The Morgan fingerprint density at radius 2 is 2.04 bits per heavy atom. The second-order valence-corrected chi connectivity index (χ2v) is 7.68. The van der Waals surface area contributed by atoms with E-state index < -0.39 is 0 Å². The van der Waals surface area contributed by atoms with E-state index in [4.69, 9.17) is 16.7 Å². The van der Waals surface area contributed by atoms with E-state index in [0.29, 0.717) is 0 Å². The van der Waals surface area contributed by atoms with E-state index in [1.165, 1.54) is 0 Å². The highest BCUT2D eigenvalue weighted by molar-refractivity contribution is 6.33. The lowest BCUT2D eigenvalue weighted by Crippen LogP contribution is -2.23. The zero-order valence-electron chi connectivity index (χ0n) is 14.0. The monoisotopic (exact) mass is 333 g/mol. The van der Waals surface area contributed by atoms with E-state index in [9.17, 15) is 5.11 Å². The summed E-state index contributed by atoms with van der Waals surface area (Å²) in [5, 5.41) is 15.3. The van der Waals surface area contributed by atoms with Crippen LogP contribution in [0.4, 0.5) is 0 Å². The van der Waals surface area contributed by atoms with Crippen LogP contribution in [0.1, 0.15) is 32.8 Å². The minimum Gasteiger partial charge on any atom is -0.392 e. The molecule has 0 radical (unpaired) electrons. The van der Waals surface area contributed by atoms with Crippen molar-refractivity contribution in [3.05, 3.63) is 41.0 Å². The summed E-state index contributed by atoms with van der Waals surface area (Å²) in [6.45, 7) is 8.85. The lowest BCUT2D eigenvalue weighted by atomic mass is 10.1. The number of rotatable bonds is 3. The van der Waals surface area contributed by atoms with Crippen molar-refractivity contribution in [1.82, 2.24) is 14.7 Å². The van der Waals surface area contributed by atoms with Crippen LogP contribution in [0.5, 0.6) is 0 Å². The summed E-state index contributed by atoms with van der Waals surface area (Å²) < 4.78 is 2.01. The Kier molecular flexibility index (Phi) is 4.50. The molecule has 0 spiro atoms. The van der Waals surface area contributed by atoms with Gasteiger partial charge in [-0.25, -0.2) is 0 Å². The van der Waals surface area contributed by atoms with E-state index in [2.05, 4.69) is 31.9 Å². The first-order valence-corrected chi connectivity index (χ1v) is 8.47. The molecule has 1 atom stereocenters. The number of likely N-dealkylation sites (tertiary alicyclic amines) is 1. The third-order valence-corrected chi connectivity index (χ3v) is 4.58. The highest BCUT2D eigenvalue weighted by atomic mass is 35.5. The number of halogens is 1. The van der Waals surface area contributed by atoms with E-state index in [-0.39, 0.29) is 11.6 Å². The maximum atomic E-state index is 9.76. The SMILES string of the molecule is CC(C)(C)n1cc(CN2CC[C@@H](O)C2)c(-c2ccccc2Cl)n1. The van der Waals surface area contributed by atoms with E-state index in [1.807, 2.05) is 28.9 Å². The molecule has 1 aliphatic rings. The molecule has 0 unspecified atom stereocenters.